The predicted molar refractivity (Wildman–Crippen MR) is 286 cm³/mol. The number of hydrogen-bond acceptors (Lipinski definition) is 5. The first kappa shape index (κ1) is 44.0. The Labute approximate surface area is 408 Å². The highest BCUT2D eigenvalue weighted by Crippen LogP contribution is 2.47. The van der Waals surface area contributed by atoms with E-state index in [2.05, 4.69) is 221 Å². The first-order valence-corrected chi connectivity index (χ1v) is 24.8. The highest BCUT2D eigenvalue weighted by Gasteiger charge is 2.39. The first-order valence-electron chi connectivity index (χ1n) is 24.8. The van der Waals surface area contributed by atoms with Crippen LogP contribution in [0.4, 0.5) is 17.3 Å². The number of nitrogens with zero attached hydrogens (tertiary/aromatic N) is 4. The number of ether oxygens (including phenoxy) is 1. The fraction of sp³-hybridized carbons (Fsp3) is 0.219. The van der Waals surface area contributed by atoms with Crippen LogP contribution in [-0.4, -0.2) is 22.2 Å². The van der Waals surface area contributed by atoms with Crippen molar-refractivity contribution in [3.05, 3.63) is 239 Å². The second-order valence-corrected chi connectivity index (χ2v) is 19.7. The highest BCUT2D eigenvalue weighted by molar-refractivity contribution is 5.84. The minimum absolute atomic E-state index is 0.0916. The number of anilines is 3. The summed E-state index contributed by atoms with van der Waals surface area (Å²) in [6.07, 6.45) is 13.2. The topological polar surface area (TPSA) is 41.5 Å². The van der Waals surface area contributed by atoms with Crippen molar-refractivity contribution < 1.29 is 4.74 Å². The Morgan fingerprint density at radius 1 is 0.594 bits per heavy atom. The van der Waals surface area contributed by atoms with E-state index in [1.54, 1.807) is 0 Å². The number of allylic oxidation sites excluding steroid dienone is 2. The zero-order chi connectivity index (χ0) is 47.2. The van der Waals surface area contributed by atoms with Crippen molar-refractivity contribution in [3.63, 3.8) is 0 Å². The maximum absolute atomic E-state index is 6.94. The number of hydrogen-bond donors (Lipinski definition) is 0. The van der Waals surface area contributed by atoms with E-state index in [1.165, 1.54) is 83.6 Å². The van der Waals surface area contributed by atoms with E-state index < -0.39 is 0 Å². The second-order valence-electron chi connectivity index (χ2n) is 19.7. The van der Waals surface area contributed by atoms with Gasteiger partial charge in [-0.2, -0.15) is 0 Å². The van der Waals surface area contributed by atoms with Crippen LogP contribution in [0.25, 0.3) is 33.4 Å². The maximum Gasteiger partial charge on any atom is 0.180 e. The minimum atomic E-state index is -0.210. The van der Waals surface area contributed by atoms with Crippen molar-refractivity contribution in [3.8, 4) is 39.1 Å². The number of aryl methyl sites for hydroxylation is 2. The van der Waals surface area contributed by atoms with Gasteiger partial charge in [-0.05, 0) is 165 Å². The average molecular weight is 901 g/mol. The van der Waals surface area contributed by atoms with Crippen LogP contribution < -0.4 is 14.5 Å². The van der Waals surface area contributed by atoms with E-state index in [9.17, 15) is 0 Å². The molecule has 3 aliphatic rings. The van der Waals surface area contributed by atoms with E-state index in [0.717, 1.165) is 30.4 Å². The lowest BCUT2D eigenvalue weighted by Gasteiger charge is -2.37. The van der Waals surface area contributed by atoms with Gasteiger partial charge >= 0.3 is 0 Å². The molecule has 5 unspecified atom stereocenters. The summed E-state index contributed by atoms with van der Waals surface area (Å²) in [5.74, 6) is 3.76. The van der Waals surface area contributed by atoms with Crippen molar-refractivity contribution in [2.24, 2.45) is 5.92 Å². The quantitative estimate of drug-likeness (QED) is 0.137. The fourth-order valence-electron chi connectivity index (χ4n) is 11.3. The molecule has 0 saturated heterocycles. The van der Waals surface area contributed by atoms with E-state index in [0.29, 0.717) is 5.92 Å². The van der Waals surface area contributed by atoms with Crippen LogP contribution in [0.15, 0.2) is 194 Å². The summed E-state index contributed by atoms with van der Waals surface area (Å²) in [6, 6.07) is 58.5. The summed E-state index contributed by atoms with van der Waals surface area (Å²) in [7, 11) is 0. The summed E-state index contributed by atoms with van der Waals surface area (Å²) in [5.41, 5.74) is 18.9. The molecule has 342 valence electrons. The van der Waals surface area contributed by atoms with Gasteiger partial charge in [0, 0.05) is 47.9 Å². The van der Waals surface area contributed by atoms with Crippen LogP contribution >= 0.6 is 0 Å². The van der Waals surface area contributed by atoms with E-state index in [-0.39, 0.29) is 30.0 Å². The van der Waals surface area contributed by atoms with Crippen LogP contribution in [0.5, 0.6) is 5.75 Å². The average Bonchev–Trinajstić information content (AvgIpc) is 3.64. The van der Waals surface area contributed by atoms with Gasteiger partial charge in [0.25, 0.3) is 0 Å². The van der Waals surface area contributed by atoms with Crippen molar-refractivity contribution in [1.29, 1.82) is 0 Å². The Balaban J connectivity index is 1.05. The lowest BCUT2D eigenvalue weighted by atomic mass is 9.78. The number of pyridine rings is 2. The third kappa shape index (κ3) is 8.35. The van der Waals surface area contributed by atoms with E-state index >= 15 is 0 Å². The molecule has 11 rings (SSSR count). The fourth-order valence-corrected chi connectivity index (χ4v) is 11.3. The normalized spacial score (nSPS) is 18.5. The molecular weight excluding hydrogens is 841 g/mol. The van der Waals surface area contributed by atoms with Gasteiger partial charge in [-0.25, -0.2) is 9.97 Å². The van der Waals surface area contributed by atoms with Gasteiger partial charge in [-0.15, -0.1) is 0 Å². The second kappa shape index (κ2) is 18.5. The molecule has 69 heavy (non-hydrogen) atoms. The zero-order valence-electron chi connectivity index (χ0n) is 40.6. The molecule has 4 heterocycles. The lowest BCUT2D eigenvalue weighted by molar-refractivity contribution is 0.195. The Bertz CT molecular complexity index is 3230. The first-order chi connectivity index (χ1) is 33.7. The molecule has 0 saturated carbocycles. The molecule has 0 radical (unpaired) electrons. The number of benzene rings is 6. The van der Waals surface area contributed by atoms with Gasteiger partial charge in [0.15, 0.2) is 6.23 Å². The Morgan fingerprint density at radius 3 is 1.97 bits per heavy atom. The van der Waals surface area contributed by atoms with Gasteiger partial charge in [0.2, 0.25) is 0 Å². The molecule has 2 aromatic heterocycles. The summed E-state index contributed by atoms with van der Waals surface area (Å²) in [6.45, 7) is 14.7. The highest BCUT2D eigenvalue weighted by atomic mass is 16.5. The molecule has 0 N–H and O–H groups in total. The summed E-state index contributed by atoms with van der Waals surface area (Å²) >= 11 is 0. The number of fused-ring (bicyclic) bond motifs is 3. The SMILES string of the molecule is Cc1ccccc1C(c1cc(-c2cc(-c3ccc4c(c3)C(C)c3ccccc3CN4c3ccccn3)cc(-c3ccc4c(c3)C(C)C(N(c3ccccn3)C3C=CC=CC3)O4)c2)ccc1C)C(C)C. The number of aromatic nitrogens is 2. The smallest absolute Gasteiger partial charge is 0.180 e. The largest absolute Gasteiger partial charge is 0.470 e. The summed E-state index contributed by atoms with van der Waals surface area (Å²) in [4.78, 5) is 14.5. The summed E-state index contributed by atoms with van der Waals surface area (Å²) < 4.78 is 6.94. The Kier molecular flexibility index (Phi) is 11.8. The van der Waals surface area contributed by atoms with Crippen LogP contribution in [0.2, 0.25) is 0 Å². The maximum atomic E-state index is 6.94. The molecule has 2 aliphatic heterocycles. The summed E-state index contributed by atoms with van der Waals surface area (Å²) in [5, 5.41) is 0. The molecular formula is C64H60N4O. The molecule has 5 atom stereocenters. The number of rotatable bonds is 10. The van der Waals surface area contributed by atoms with Crippen LogP contribution in [-0.2, 0) is 6.54 Å². The third-order valence-electron chi connectivity index (χ3n) is 15.0. The van der Waals surface area contributed by atoms with E-state index in [4.69, 9.17) is 14.7 Å². The van der Waals surface area contributed by atoms with Gasteiger partial charge in [-0.3, -0.25) is 0 Å². The molecule has 8 aromatic rings. The molecule has 0 bridgehead atoms. The predicted octanol–water partition coefficient (Wildman–Crippen LogP) is 15.9. The van der Waals surface area contributed by atoms with Gasteiger partial charge in [-0.1, -0.05) is 143 Å². The molecule has 5 nitrogen and oxygen atoms in total. The molecule has 0 spiro atoms. The van der Waals surface area contributed by atoms with Crippen LogP contribution in [0.1, 0.15) is 96.4 Å². The standard InChI is InChI=1S/C64H60N4O/c1-41(2)63(54-22-12-10-18-42(54)3)56-37-46(27-26-43(56)4)50-34-51(47-28-30-59-57(38-47)44(5)55-23-13-11-19-49(55)40-67(59)61-24-14-16-32-65-61)36-52(35-50)48-29-31-60-58(39-48)45(6)64(69-60)68(53-20-8-7-9-21-53)62-25-15-17-33-66-62/h7-20,22-39,41,44-45,53,63-64H,21,40H2,1-6H3. The Hall–Kier alpha value is -7.50. The van der Waals surface area contributed by atoms with Crippen molar-refractivity contribution in [2.75, 3.05) is 9.80 Å². The van der Waals surface area contributed by atoms with Crippen LogP contribution in [0, 0.1) is 19.8 Å². The van der Waals surface area contributed by atoms with E-state index in [1.807, 2.05) is 24.5 Å². The lowest BCUT2D eigenvalue weighted by Crippen LogP contribution is -2.47. The molecule has 1 aliphatic carbocycles. The van der Waals surface area contributed by atoms with Crippen LogP contribution in [0.3, 0.4) is 0 Å². The van der Waals surface area contributed by atoms with Gasteiger partial charge in [0.05, 0.1) is 6.04 Å². The molecule has 0 amide bonds. The minimum Gasteiger partial charge on any atom is -0.470 e. The van der Waals surface area contributed by atoms with Crippen molar-refractivity contribution >= 4 is 17.3 Å². The molecule has 0 fully saturated rings. The zero-order valence-corrected chi connectivity index (χ0v) is 40.6. The third-order valence-corrected chi connectivity index (χ3v) is 15.0. The Morgan fingerprint density at radius 2 is 1.26 bits per heavy atom. The monoisotopic (exact) mass is 900 g/mol. The van der Waals surface area contributed by atoms with Crippen molar-refractivity contribution in [1.82, 2.24) is 9.97 Å². The van der Waals surface area contributed by atoms with Crippen molar-refractivity contribution in [2.45, 2.75) is 84.5 Å². The van der Waals surface area contributed by atoms with Gasteiger partial charge < -0.3 is 14.5 Å². The van der Waals surface area contributed by atoms with Gasteiger partial charge in [0.1, 0.15) is 17.4 Å². The molecule has 5 heteroatoms. The molecule has 6 aromatic carbocycles.